The Kier molecular flexibility index (Phi) is 4.05. The third kappa shape index (κ3) is 3.00. The van der Waals surface area contributed by atoms with Crippen LogP contribution in [0.25, 0.3) is 0 Å². The predicted molar refractivity (Wildman–Crippen MR) is 82.7 cm³/mol. The summed E-state index contributed by atoms with van der Waals surface area (Å²) in [6.07, 6.45) is 0.881. The fourth-order valence-electron chi connectivity index (χ4n) is 2.35. The fraction of sp³-hybridized carbons (Fsp3) is 0.312. The van der Waals surface area contributed by atoms with Gasteiger partial charge in [-0.05, 0) is 35.7 Å². The minimum absolute atomic E-state index is 0.0339. The number of hydrogen-bond donors (Lipinski definition) is 2. The number of nitrogens with one attached hydrogen (secondary N) is 1. The van der Waals surface area contributed by atoms with Gasteiger partial charge in [0.2, 0.25) is 0 Å². The van der Waals surface area contributed by atoms with Crippen LogP contribution < -0.4 is 5.32 Å². The first kappa shape index (κ1) is 14.3. The van der Waals surface area contributed by atoms with Crippen molar-refractivity contribution >= 4 is 22.9 Å². The predicted octanol–water partition coefficient (Wildman–Crippen LogP) is 2.87. The van der Waals surface area contributed by atoms with E-state index >= 15 is 0 Å². The summed E-state index contributed by atoms with van der Waals surface area (Å²) in [6, 6.07) is 7.48. The summed E-state index contributed by atoms with van der Waals surface area (Å²) < 4.78 is 5.40. The molecular weight excluding hydrogens is 286 g/mol. The summed E-state index contributed by atoms with van der Waals surface area (Å²) in [4.78, 5) is 14.3. The Morgan fingerprint density at radius 2 is 2.29 bits per heavy atom. The molecule has 1 aliphatic heterocycles. The second-order valence-electron chi connectivity index (χ2n) is 5.12. The SMILES string of the molecule is Cc1ccc(CO)cc1NC(=O)c1cc2c(s1)CCOC2. The topological polar surface area (TPSA) is 58.6 Å². The van der Waals surface area contributed by atoms with E-state index in [9.17, 15) is 9.90 Å². The second kappa shape index (κ2) is 5.97. The molecule has 110 valence electrons. The smallest absolute Gasteiger partial charge is 0.265 e. The third-order valence-electron chi connectivity index (χ3n) is 3.58. The van der Waals surface area contributed by atoms with E-state index in [1.807, 2.05) is 31.2 Å². The van der Waals surface area contributed by atoms with Crippen molar-refractivity contribution in [3.63, 3.8) is 0 Å². The molecule has 0 radical (unpaired) electrons. The van der Waals surface area contributed by atoms with Gasteiger partial charge in [-0.15, -0.1) is 11.3 Å². The van der Waals surface area contributed by atoms with Crippen LogP contribution >= 0.6 is 11.3 Å². The molecule has 1 amide bonds. The molecule has 1 aromatic heterocycles. The Morgan fingerprint density at radius 1 is 1.43 bits per heavy atom. The van der Waals surface area contributed by atoms with Crippen LogP contribution in [-0.2, 0) is 24.4 Å². The van der Waals surface area contributed by atoms with Crippen LogP contribution in [0.3, 0.4) is 0 Å². The summed E-state index contributed by atoms with van der Waals surface area (Å²) in [6.45, 7) is 3.22. The van der Waals surface area contributed by atoms with Gasteiger partial charge in [-0.3, -0.25) is 4.79 Å². The Hall–Kier alpha value is -1.69. The van der Waals surface area contributed by atoms with E-state index in [4.69, 9.17) is 4.74 Å². The van der Waals surface area contributed by atoms with Gasteiger partial charge in [-0.25, -0.2) is 0 Å². The number of thiophene rings is 1. The average molecular weight is 303 g/mol. The van der Waals surface area contributed by atoms with Crippen molar-refractivity contribution in [3.05, 3.63) is 50.7 Å². The number of ether oxygens (including phenoxy) is 1. The lowest BCUT2D eigenvalue weighted by molar-refractivity contribution is 0.102. The molecule has 0 saturated carbocycles. The summed E-state index contributed by atoms with van der Waals surface area (Å²) in [5.74, 6) is -0.104. The highest BCUT2D eigenvalue weighted by Gasteiger charge is 2.18. The molecule has 1 aliphatic rings. The lowest BCUT2D eigenvalue weighted by atomic mass is 10.1. The Balaban J connectivity index is 1.81. The molecule has 5 heteroatoms. The maximum Gasteiger partial charge on any atom is 0.265 e. The van der Waals surface area contributed by atoms with Crippen LogP contribution in [0.1, 0.15) is 31.2 Å². The van der Waals surface area contributed by atoms with Crippen LogP contribution in [0, 0.1) is 6.92 Å². The molecule has 0 aliphatic carbocycles. The van der Waals surface area contributed by atoms with Gasteiger partial charge < -0.3 is 15.2 Å². The number of rotatable bonds is 3. The van der Waals surface area contributed by atoms with Crippen LogP contribution in [0.15, 0.2) is 24.3 Å². The highest BCUT2D eigenvalue weighted by atomic mass is 32.1. The second-order valence-corrected chi connectivity index (χ2v) is 6.26. The number of carbonyl (C=O) groups excluding carboxylic acids is 1. The molecule has 0 atom stereocenters. The molecule has 21 heavy (non-hydrogen) atoms. The molecule has 0 unspecified atom stereocenters. The van der Waals surface area contributed by atoms with Crippen LogP contribution in [0.2, 0.25) is 0 Å². The molecule has 0 bridgehead atoms. The standard InChI is InChI=1S/C16H17NO3S/c1-10-2-3-11(8-18)6-13(10)17-16(19)15-7-12-9-20-5-4-14(12)21-15/h2-3,6-7,18H,4-5,8-9H2,1H3,(H,17,19). The van der Waals surface area contributed by atoms with Crippen LogP contribution in [0.4, 0.5) is 5.69 Å². The van der Waals surface area contributed by atoms with Gasteiger partial charge in [0, 0.05) is 17.0 Å². The molecule has 4 nitrogen and oxygen atoms in total. The number of benzene rings is 1. The Labute approximate surface area is 127 Å². The number of anilines is 1. The van der Waals surface area contributed by atoms with Crippen molar-refractivity contribution in [2.24, 2.45) is 0 Å². The number of aliphatic hydroxyl groups excluding tert-OH is 1. The normalized spacial score (nSPS) is 13.8. The molecule has 0 fully saturated rings. The molecule has 1 aromatic carbocycles. The Bertz CT molecular complexity index is 655. The first-order valence-corrected chi connectivity index (χ1v) is 7.70. The highest BCUT2D eigenvalue weighted by Crippen LogP contribution is 2.28. The molecule has 0 spiro atoms. The number of amides is 1. The summed E-state index contributed by atoms with van der Waals surface area (Å²) >= 11 is 1.54. The maximum atomic E-state index is 12.4. The number of fused-ring (bicyclic) bond motifs is 1. The first-order chi connectivity index (χ1) is 10.2. The van der Waals surface area contributed by atoms with Gasteiger partial charge in [0.1, 0.15) is 0 Å². The first-order valence-electron chi connectivity index (χ1n) is 6.88. The van der Waals surface area contributed by atoms with Crippen molar-refractivity contribution in [2.45, 2.75) is 26.6 Å². The minimum Gasteiger partial charge on any atom is -0.392 e. The zero-order valence-corrected chi connectivity index (χ0v) is 12.6. The molecule has 2 heterocycles. The highest BCUT2D eigenvalue weighted by molar-refractivity contribution is 7.14. The van der Waals surface area contributed by atoms with Crippen molar-refractivity contribution in [2.75, 3.05) is 11.9 Å². The van der Waals surface area contributed by atoms with E-state index in [2.05, 4.69) is 5.32 Å². The third-order valence-corrected chi connectivity index (χ3v) is 4.82. The number of aryl methyl sites for hydroxylation is 1. The monoisotopic (exact) mass is 303 g/mol. The van der Waals surface area contributed by atoms with Gasteiger partial charge >= 0.3 is 0 Å². The van der Waals surface area contributed by atoms with Crippen molar-refractivity contribution < 1.29 is 14.6 Å². The summed E-state index contributed by atoms with van der Waals surface area (Å²) in [5, 5.41) is 12.1. The van der Waals surface area contributed by atoms with E-state index in [1.165, 1.54) is 16.2 Å². The zero-order valence-electron chi connectivity index (χ0n) is 11.8. The average Bonchev–Trinajstić information content (AvgIpc) is 2.93. The van der Waals surface area contributed by atoms with E-state index in [-0.39, 0.29) is 12.5 Å². The van der Waals surface area contributed by atoms with E-state index in [0.29, 0.717) is 11.5 Å². The van der Waals surface area contributed by atoms with Crippen molar-refractivity contribution in [1.82, 2.24) is 0 Å². The molecule has 0 saturated heterocycles. The van der Waals surface area contributed by atoms with Crippen molar-refractivity contribution in [1.29, 1.82) is 0 Å². The molecule has 2 N–H and O–H groups in total. The molecular formula is C16H17NO3S. The van der Waals surface area contributed by atoms with Gasteiger partial charge in [-0.2, -0.15) is 0 Å². The zero-order chi connectivity index (χ0) is 14.8. The number of aliphatic hydroxyl groups is 1. The summed E-state index contributed by atoms with van der Waals surface area (Å²) in [5.41, 5.74) is 3.63. The lowest BCUT2D eigenvalue weighted by Gasteiger charge is -2.10. The van der Waals surface area contributed by atoms with Gasteiger partial charge in [0.05, 0.1) is 24.7 Å². The van der Waals surface area contributed by atoms with E-state index in [0.717, 1.165) is 35.4 Å². The number of carbonyl (C=O) groups is 1. The maximum absolute atomic E-state index is 12.4. The summed E-state index contributed by atoms with van der Waals surface area (Å²) in [7, 11) is 0. The van der Waals surface area contributed by atoms with Crippen molar-refractivity contribution in [3.8, 4) is 0 Å². The van der Waals surface area contributed by atoms with Gasteiger partial charge in [0.15, 0.2) is 0 Å². The largest absolute Gasteiger partial charge is 0.392 e. The Morgan fingerprint density at radius 3 is 3.05 bits per heavy atom. The molecule has 2 aromatic rings. The molecule has 3 rings (SSSR count). The van der Waals surface area contributed by atoms with E-state index in [1.54, 1.807) is 0 Å². The quantitative estimate of drug-likeness (QED) is 0.916. The fourth-order valence-corrected chi connectivity index (χ4v) is 3.39. The van der Waals surface area contributed by atoms with Crippen LogP contribution in [-0.4, -0.2) is 17.6 Å². The van der Waals surface area contributed by atoms with Gasteiger partial charge in [-0.1, -0.05) is 12.1 Å². The van der Waals surface area contributed by atoms with Gasteiger partial charge in [0.25, 0.3) is 5.91 Å². The minimum atomic E-state index is -0.104. The van der Waals surface area contributed by atoms with Crippen LogP contribution in [0.5, 0.6) is 0 Å². The number of hydrogen-bond acceptors (Lipinski definition) is 4. The van der Waals surface area contributed by atoms with E-state index < -0.39 is 0 Å². The lowest BCUT2D eigenvalue weighted by Crippen LogP contribution is -2.11.